The molecule has 0 aliphatic carbocycles. The summed E-state index contributed by atoms with van der Waals surface area (Å²) < 4.78 is 39.4. The molecule has 0 saturated heterocycles. The first-order valence-corrected chi connectivity index (χ1v) is 26.5. The maximum Gasteiger partial charge on any atom is 0.326 e. The van der Waals surface area contributed by atoms with Crippen molar-refractivity contribution in [1.82, 2.24) is 0 Å². The normalized spacial score (nSPS) is 14.9. The van der Waals surface area contributed by atoms with Gasteiger partial charge in [-0.25, -0.2) is 0 Å². The van der Waals surface area contributed by atoms with Crippen molar-refractivity contribution < 1.29 is 37.2 Å². The number of hydrogen-bond acceptors (Lipinski definition) is 8. The molecule has 0 N–H and O–H groups in total. The van der Waals surface area contributed by atoms with Crippen LogP contribution in [0.1, 0.15) is 143 Å². The first-order valence-electron chi connectivity index (χ1n) is 24.2. The van der Waals surface area contributed by atoms with E-state index in [1.54, 1.807) is 0 Å². The van der Waals surface area contributed by atoms with Gasteiger partial charge >= 0.3 is 28.7 Å². The molecule has 2 aliphatic heterocycles. The van der Waals surface area contributed by atoms with Gasteiger partial charge in [0.25, 0.3) is 0 Å². The van der Waals surface area contributed by atoms with Gasteiger partial charge in [0.1, 0.15) is 23.0 Å². The number of carbonyl (C=O) groups is 2. The summed E-state index contributed by atoms with van der Waals surface area (Å²) in [4.78, 5) is 25.9. The quantitative estimate of drug-likeness (QED) is 0.0343. The molecule has 2 unspecified atom stereocenters. The lowest BCUT2D eigenvalue weighted by atomic mass is 9.75. The van der Waals surface area contributed by atoms with Crippen LogP contribution < -0.4 is 28.7 Å². The Morgan fingerprint density at radius 3 is 1.27 bits per heavy atom. The second-order valence-corrected chi connectivity index (χ2v) is 21.5. The number of esters is 2. The average Bonchev–Trinajstić information content (AvgIpc) is 3.31. The Labute approximate surface area is 395 Å². The fraction of sp³-hybridized carbons (Fsp3) is 0.429. The lowest BCUT2D eigenvalue weighted by molar-refractivity contribution is -0.144. The molecule has 2 heterocycles. The van der Waals surface area contributed by atoms with E-state index >= 15 is 0 Å². The molecule has 0 spiro atoms. The van der Waals surface area contributed by atoms with Crippen LogP contribution in [0.3, 0.4) is 0 Å². The van der Waals surface area contributed by atoms with Crippen LogP contribution in [0, 0.1) is 0 Å². The molecule has 0 saturated carbocycles. The van der Waals surface area contributed by atoms with Crippen molar-refractivity contribution in [1.29, 1.82) is 0 Å². The predicted octanol–water partition coefficient (Wildman–Crippen LogP) is 15.0. The van der Waals surface area contributed by atoms with E-state index in [-0.39, 0.29) is 11.9 Å². The van der Waals surface area contributed by atoms with Crippen molar-refractivity contribution in [3.05, 3.63) is 120 Å². The van der Waals surface area contributed by atoms with E-state index in [1.165, 1.54) is 0 Å². The summed E-state index contributed by atoms with van der Waals surface area (Å²) >= 11 is 0. The summed E-state index contributed by atoms with van der Waals surface area (Å²) in [5, 5.41) is 2.00. The fourth-order valence-corrected chi connectivity index (χ4v) is 11.8. The van der Waals surface area contributed by atoms with Crippen LogP contribution in [0.4, 0.5) is 0 Å². The topological polar surface area (TPSA) is 89.5 Å². The smallest absolute Gasteiger partial charge is 0.326 e. The third-order valence-corrected chi connectivity index (χ3v) is 15.7. The van der Waals surface area contributed by atoms with Crippen molar-refractivity contribution in [2.45, 2.75) is 142 Å². The molecule has 0 fully saturated rings. The minimum Gasteiger partial charge on any atom is -0.466 e. The Balaban J connectivity index is 1.25. The van der Waals surface area contributed by atoms with Crippen molar-refractivity contribution in [3.63, 3.8) is 0 Å². The molecule has 66 heavy (non-hydrogen) atoms. The van der Waals surface area contributed by atoms with Gasteiger partial charge in [-0.05, 0) is 96.9 Å². The molecule has 2 aliphatic rings. The van der Waals surface area contributed by atoms with Crippen molar-refractivity contribution in [2.24, 2.45) is 0 Å². The number of para-hydroxylation sites is 2. The van der Waals surface area contributed by atoms with E-state index < -0.39 is 27.6 Å². The zero-order valence-electron chi connectivity index (χ0n) is 39.9. The average molecular weight is 931 g/mol. The Kier molecular flexibility index (Phi) is 17.2. The summed E-state index contributed by atoms with van der Waals surface area (Å²) in [6.45, 7) is 14.1. The largest absolute Gasteiger partial charge is 0.466 e. The molecule has 7 rings (SSSR count). The molecular weight excluding hydrogens is 863 g/mol. The van der Waals surface area contributed by atoms with Crippen LogP contribution in [0.25, 0.3) is 22.3 Å². The highest BCUT2D eigenvalue weighted by Crippen LogP contribution is 2.56. The third-order valence-electron chi connectivity index (χ3n) is 12.7. The van der Waals surface area contributed by atoms with Crippen LogP contribution in [0.2, 0.25) is 0 Å². The Morgan fingerprint density at radius 1 is 0.485 bits per heavy atom. The number of unbranched alkanes of at least 4 members (excludes halogenated alkanes) is 6. The number of carbonyl (C=O) groups excluding carboxylic acids is 2. The molecule has 0 amide bonds. The standard InChI is InChI=1S/C56H68O8P2/c1-7-9-11-21-37-59-53(57)33-23-35-55(3,4)45-39-50(64-66-52-32-20-16-28-44(52)42-26-14-18-30-48(42)62-66)46(56(5,6)36-24-34-54(58)60-38-22-12-10-8-2)40-49(45)63-65-51-31-19-15-27-43(51)41-25-13-17-29-47(41)61-65/h13-20,25-32,39-40H,7-12,21-24,33-38H2,1-6H3. The zero-order valence-corrected chi connectivity index (χ0v) is 41.7. The molecule has 350 valence electrons. The minimum absolute atomic E-state index is 0.161. The van der Waals surface area contributed by atoms with Gasteiger partial charge in [-0.2, -0.15) is 0 Å². The van der Waals surface area contributed by atoms with E-state index in [0.717, 1.165) is 107 Å². The number of rotatable bonds is 24. The minimum atomic E-state index is -1.61. The van der Waals surface area contributed by atoms with E-state index in [1.807, 2.05) is 48.5 Å². The van der Waals surface area contributed by atoms with Gasteiger partial charge < -0.3 is 27.6 Å². The van der Waals surface area contributed by atoms with Crippen LogP contribution in [0.15, 0.2) is 109 Å². The first-order chi connectivity index (χ1) is 32.0. The summed E-state index contributed by atoms with van der Waals surface area (Å²) in [6, 6.07) is 37.2. The van der Waals surface area contributed by atoms with Crippen LogP contribution in [-0.2, 0) is 29.9 Å². The monoisotopic (exact) mass is 930 g/mol. The van der Waals surface area contributed by atoms with Crippen molar-refractivity contribution in [2.75, 3.05) is 13.2 Å². The molecule has 5 aromatic rings. The SMILES string of the molecule is CCCCCCOC(=O)CCCC(C)(C)c1cc(OP2Oc3ccccc3-c3ccccc32)c(C(C)(C)CCCC(=O)OCCCCCC)cc1OP1Oc2ccccc2-c2ccccc21. The van der Waals surface area contributed by atoms with Gasteiger partial charge in [0.2, 0.25) is 0 Å². The lowest BCUT2D eigenvalue weighted by Crippen LogP contribution is -2.25. The number of fused-ring (bicyclic) bond motifs is 6. The van der Waals surface area contributed by atoms with Gasteiger partial charge in [0, 0.05) is 35.1 Å². The maximum absolute atomic E-state index is 13.0. The Morgan fingerprint density at radius 2 is 0.864 bits per heavy atom. The third kappa shape index (κ3) is 12.3. The zero-order chi connectivity index (χ0) is 46.5. The van der Waals surface area contributed by atoms with Gasteiger partial charge in [-0.15, -0.1) is 0 Å². The summed E-state index contributed by atoms with van der Waals surface area (Å²) in [5.74, 6) is 2.64. The molecule has 2 atom stereocenters. The summed E-state index contributed by atoms with van der Waals surface area (Å²) in [6.07, 6.45) is 11.8. The van der Waals surface area contributed by atoms with Crippen LogP contribution in [0.5, 0.6) is 23.0 Å². The molecular formula is C56H68O8P2. The van der Waals surface area contributed by atoms with E-state index in [9.17, 15) is 9.59 Å². The van der Waals surface area contributed by atoms with Gasteiger partial charge in [0.05, 0.1) is 23.8 Å². The highest BCUT2D eigenvalue weighted by molar-refractivity contribution is 7.57. The number of hydrogen-bond donors (Lipinski definition) is 0. The fourth-order valence-electron chi connectivity index (χ4n) is 8.81. The summed E-state index contributed by atoms with van der Waals surface area (Å²) in [5.41, 5.74) is 5.18. The Bertz CT molecular complexity index is 2240. The van der Waals surface area contributed by atoms with Gasteiger partial charge in [0.15, 0.2) is 0 Å². The first kappa shape index (κ1) is 49.0. The highest BCUT2D eigenvalue weighted by atomic mass is 31.2. The predicted molar refractivity (Wildman–Crippen MR) is 270 cm³/mol. The second-order valence-electron chi connectivity index (χ2n) is 18.8. The van der Waals surface area contributed by atoms with Crippen molar-refractivity contribution >= 4 is 39.3 Å². The van der Waals surface area contributed by atoms with Crippen LogP contribution >= 0.6 is 16.8 Å². The Hall–Kier alpha value is -4.90. The van der Waals surface area contributed by atoms with E-state index in [0.29, 0.717) is 63.2 Å². The van der Waals surface area contributed by atoms with E-state index in [4.69, 9.17) is 27.6 Å². The number of ether oxygens (including phenoxy) is 2. The highest BCUT2D eigenvalue weighted by Gasteiger charge is 2.37. The lowest BCUT2D eigenvalue weighted by Gasteiger charge is -2.35. The maximum atomic E-state index is 13.0. The van der Waals surface area contributed by atoms with Crippen LogP contribution in [-0.4, -0.2) is 25.2 Å². The molecule has 8 nitrogen and oxygen atoms in total. The van der Waals surface area contributed by atoms with Gasteiger partial charge in [-0.3, -0.25) is 9.59 Å². The molecule has 5 aromatic carbocycles. The molecule has 0 bridgehead atoms. The van der Waals surface area contributed by atoms with E-state index in [2.05, 4.69) is 102 Å². The number of benzene rings is 5. The van der Waals surface area contributed by atoms with Crippen molar-refractivity contribution in [3.8, 4) is 45.3 Å². The van der Waals surface area contributed by atoms with Gasteiger partial charge in [-0.1, -0.05) is 153 Å². The second kappa shape index (κ2) is 23.2. The molecule has 0 radical (unpaired) electrons. The molecule has 10 heteroatoms. The molecule has 0 aromatic heterocycles. The summed E-state index contributed by atoms with van der Waals surface area (Å²) in [7, 11) is -3.23.